The third kappa shape index (κ3) is 1.45. The van der Waals surface area contributed by atoms with E-state index in [4.69, 9.17) is 10.8 Å². The fourth-order valence-corrected chi connectivity index (χ4v) is 1.15. The standard InChI is InChI=1S/C5H9N3O3/c6-5(10)4-1-3(9)2-8(4)7-11/h3-4,9H,1-2H2,(H2,6,10). The van der Waals surface area contributed by atoms with E-state index in [1.165, 1.54) is 0 Å². The van der Waals surface area contributed by atoms with Crippen molar-refractivity contribution in [2.45, 2.75) is 18.6 Å². The molecule has 11 heavy (non-hydrogen) atoms. The van der Waals surface area contributed by atoms with E-state index < -0.39 is 18.1 Å². The van der Waals surface area contributed by atoms with Crippen molar-refractivity contribution in [2.24, 2.45) is 11.0 Å². The van der Waals surface area contributed by atoms with Crippen LogP contribution in [-0.4, -0.2) is 34.7 Å². The number of β-amino-alcohol motifs (C(OH)–C–C–N with tert-alkyl or cyclic N) is 1. The molecule has 1 rings (SSSR count). The molecular formula is C5H9N3O3. The predicted molar refractivity (Wildman–Crippen MR) is 36.1 cm³/mol. The predicted octanol–water partition coefficient (Wildman–Crippen LogP) is -1.41. The van der Waals surface area contributed by atoms with Crippen LogP contribution in [0.4, 0.5) is 0 Å². The van der Waals surface area contributed by atoms with E-state index in [-0.39, 0.29) is 13.0 Å². The van der Waals surface area contributed by atoms with Crippen molar-refractivity contribution < 1.29 is 9.90 Å². The van der Waals surface area contributed by atoms with Crippen LogP contribution in [0.1, 0.15) is 6.42 Å². The molecule has 1 heterocycles. The SMILES string of the molecule is NC(=O)C1CC(O)CN1N=O. The van der Waals surface area contributed by atoms with Gasteiger partial charge in [0.15, 0.2) is 0 Å². The van der Waals surface area contributed by atoms with Gasteiger partial charge in [0.2, 0.25) is 5.91 Å². The Kier molecular flexibility index (Phi) is 2.04. The zero-order chi connectivity index (χ0) is 8.43. The number of carbonyl (C=O) groups is 1. The molecular weight excluding hydrogens is 150 g/mol. The van der Waals surface area contributed by atoms with E-state index in [0.717, 1.165) is 5.01 Å². The van der Waals surface area contributed by atoms with E-state index in [2.05, 4.69) is 5.29 Å². The molecule has 3 N–H and O–H groups in total. The zero-order valence-electron chi connectivity index (χ0n) is 5.80. The lowest BCUT2D eigenvalue weighted by atomic mass is 10.2. The van der Waals surface area contributed by atoms with Gasteiger partial charge in [-0.1, -0.05) is 0 Å². The van der Waals surface area contributed by atoms with Gasteiger partial charge in [0.05, 0.1) is 17.9 Å². The number of hydrogen-bond donors (Lipinski definition) is 2. The van der Waals surface area contributed by atoms with E-state index in [9.17, 15) is 9.70 Å². The molecule has 2 atom stereocenters. The molecule has 1 aliphatic heterocycles. The summed E-state index contributed by atoms with van der Waals surface area (Å²) in [6.07, 6.45) is -0.480. The monoisotopic (exact) mass is 159 g/mol. The molecule has 1 saturated heterocycles. The van der Waals surface area contributed by atoms with Crippen molar-refractivity contribution >= 4 is 5.91 Å². The lowest BCUT2D eigenvalue weighted by Gasteiger charge is -2.12. The number of primary amides is 1. The number of amides is 1. The zero-order valence-corrected chi connectivity index (χ0v) is 5.80. The minimum Gasteiger partial charge on any atom is -0.391 e. The Bertz CT molecular complexity index is 184. The highest BCUT2D eigenvalue weighted by Gasteiger charge is 2.34. The van der Waals surface area contributed by atoms with Gasteiger partial charge in [0.1, 0.15) is 6.04 Å². The van der Waals surface area contributed by atoms with Crippen molar-refractivity contribution in [3.63, 3.8) is 0 Å². The summed E-state index contributed by atoms with van der Waals surface area (Å²) in [5.74, 6) is -0.624. The molecule has 0 aromatic heterocycles. The van der Waals surface area contributed by atoms with Crippen molar-refractivity contribution in [3.05, 3.63) is 4.91 Å². The van der Waals surface area contributed by atoms with E-state index in [1.54, 1.807) is 0 Å². The summed E-state index contributed by atoms with van der Waals surface area (Å²) in [5, 5.41) is 12.5. The first-order chi connectivity index (χ1) is 5.15. The van der Waals surface area contributed by atoms with Crippen LogP contribution in [0.15, 0.2) is 5.29 Å². The lowest BCUT2D eigenvalue weighted by Crippen LogP contribution is -2.36. The van der Waals surface area contributed by atoms with Crippen molar-refractivity contribution in [1.82, 2.24) is 5.01 Å². The molecule has 6 heteroatoms. The third-order valence-electron chi connectivity index (χ3n) is 1.69. The fraction of sp³-hybridized carbons (Fsp3) is 0.800. The Morgan fingerprint density at radius 1 is 1.73 bits per heavy atom. The fourth-order valence-electron chi connectivity index (χ4n) is 1.15. The third-order valence-corrected chi connectivity index (χ3v) is 1.69. The number of hydrogen-bond acceptors (Lipinski definition) is 4. The van der Waals surface area contributed by atoms with Crippen molar-refractivity contribution in [2.75, 3.05) is 6.54 Å². The second kappa shape index (κ2) is 2.83. The number of nitrogens with two attached hydrogens (primary N) is 1. The first-order valence-corrected chi connectivity index (χ1v) is 3.22. The number of nitroso groups, excluding NO2 is 1. The summed E-state index contributed by atoms with van der Waals surface area (Å²) in [6, 6.07) is -0.734. The molecule has 0 aliphatic carbocycles. The molecule has 62 valence electrons. The van der Waals surface area contributed by atoms with Gasteiger partial charge < -0.3 is 10.8 Å². The van der Waals surface area contributed by atoms with Gasteiger partial charge in [-0.2, -0.15) is 0 Å². The molecule has 1 aliphatic rings. The molecule has 0 spiro atoms. The first-order valence-electron chi connectivity index (χ1n) is 3.22. The van der Waals surface area contributed by atoms with Crippen molar-refractivity contribution in [1.29, 1.82) is 0 Å². The first kappa shape index (κ1) is 7.93. The minimum absolute atomic E-state index is 0.0944. The molecule has 0 aromatic carbocycles. The maximum Gasteiger partial charge on any atom is 0.242 e. The molecule has 6 nitrogen and oxygen atoms in total. The van der Waals surface area contributed by atoms with Crippen LogP contribution >= 0.6 is 0 Å². The Labute approximate surface area is 62.9 Å². The van der Waals surface area contributed by atoms with Gasteiger partial charge in [-0.05, 0) is 0 Å². The van der Waals surface area contributed by atoms with E-state index in [1.807, 2.05) is 0 Å². The number of rotatable bonds is 2. The smallest absolute Gasteiger partial charge is 0.242 e. The highest BCUT2D eigenvalue weighted by molar-refractivity contribution is 5.80. The summed E-state index contributed by atoms with van der Waals surface area (Å²) in [7, 11) is 0. The molecule has 0 bridgehead atoms. The molecule has 0 aromatic rings. The van der Waals surface area contributed by atoms with Gasteiger partial charge in [0, 0.05) is 6.42 Å². The van der Waals surface area contributed by atoms with Crippen LogP contribution < -0.4 is 5.73 Å². The summed E-state index contributed by atoms with van der Waals surface area (Å²) in [4.78, 5) is 20.6. The van der Waals surface area contributed by atoms with E-state index >= 15 is 0 Å². The topological polar surface area (TPSA) is 96.0 Å². The van der Waals surface area contributed by atoms with Crippen LogP contribution in [0.5, 0.6) is 0 Å². The summed E-state index contributed by atoms with van der Waals surface area (Å²) >= 11 is 0. The van der Waals surface area contributed by atoms with Crippen LogP contribution in [-0.2, 0) is 4.79 Å². The van der Waals surface area contributed by atoms with Crippen molar-refractivity contribution in [3.8, 4) is 0 Å². The normalized spacial score (nSPS) is 30.5. The number of aliphatic hydroxyl groups is 1. The number of carbonyl (C=O) groups excluding carboxylic acids is 1. The second-order valence-electron chi connectivity index (χ2n) is 2.51. The van der Waals surface area contributed by atoms with Crippen LogP contribution in [0, 0.1) is 4.91 Å². The average Bonchev–Trinajstić information content (AvgIpc) is 2.30. The van der Waals surface area contributed by atoms with Gasteiger partial charge in [-0.3, -0.25) is 4.79 Å². The van der Waals surface area contributed by atoms with Crippen LogP contribution in [0.25, 0.3) is 0 Å². The summed E-state index contributed by atoms with van der Waals surface area (Å²) < 4.78 is 0. The van der Waals surface area contributed by atoms with Gasteiger partial charge in [0.25, 0.3) is 0 Å². The Morgan fingerprint density at radius 3 is 2.73 bits per heavy atom. The quantitative estimate of drug-likeness (QED) is 0.484. The summed E-state index contributed by atoms with van der Waals surface area (Å²) in [5.41, 5.74) is 4.94. The summed E-state index contributed by atoms with van der Waals surface area (Å²) in [6.45, 7) is 0.0944. The molecule has 0 saturated carbocycles. The van der Waals surface area contributed by atoms with Crippen LogP contribution in [0.2, 0.25) is 0 Å². The number of aliphatic hydroxyl groups excluding tert-OH is 1. The lowest BCUT2D eigenvalue weighted by molar-refractivity contribution is -0.122. The maximum atomic E-state index is 10.6. The highest BCUT2D eigenvalue weighted by Crippen LogP contribution is 2.16. The number of nitrogens with zero attached hydrogens (tertiary/aromatic N) is 2. The van der Waals surface area contributed by atoms with E-state index in [0.29, 0.717) is 0 Å². The van der Waals surface area contributed by atoms with Crippen LogP contribution in [0.3, 0.4) is 0 Å². The Morgan fingerprint density at radius 2 is 2.36 bits per heavy atom. The maximum absolute atomic E-state index is 10.6. The molecule has 1 amide bonds. The molecule has 0 radical (unpaired) electrons. The minimum atomic E-state index is -0.734. The van der Waals surface area contributed by atoms with Gasteiger partial charge in [-0.15, -0.1) is 4.91 Å². The van der Waals surface area contributed by atoms with Gasteiger partial charge in [-0.25, -0.2) is 5.01 Å². The molecule has 1 fully saturated rings. The Balaban J connectivity index is 2.64. The second-order valence-corrected chi connectivity index (χ2v) is 2.51. The highest BCUT2D eigenvalue weighted by atomic mass is 16.3. The Hall–Kier alpha value is -1.17. The van der Waals surface area contributed by atoms with Gasteiger partial charge >= 0.3 is 0 Å². The largest absolute Gasteiger partial charge is 0.391 e. The molecule has 2 unspecified atom stereocenters. The average molecular weight is 159 g/mol.